The Labute approximate surface area is 140 Å². The zero-order chi connectivity index (χ0) is 16.5. The maximum atomic E-state index is 5.18. The van der Waals surface area contributed by atoms with Crippen molar-refractivity contribution in [2.24, 2.45) is 17.0 Å². The average molecular weight is 322 g/mol. The van der Waals surface area contributed by atoms with Crippen LogP contribution >= 0.6 is 0 Å². The number of aryl methyl sites for hydroxylation is 1. The number of rotatable bonds is 3. The van der Waals surface area contributed by atoms with Crippen LogP contribution in [0.2, 0.25) is 0 Å². The molecule has 1 atom stereocenters. The van der Waals surface area contributed by atoms with Gasteiger partial charge in [0.25, 0.3) is 0 Å². The van der Waals surface area contributed by atoms with Gasteiger partial charge in [-0.2, -0.15) is 5.10 Å². The summed E-state index contributed by atoms with van der Waals surface area (Å²) in [7, 11) is 3.58. The molecule has 0 spiro atoms. The van der Waals surface area contributed by atoms with Gasteiger partial charge >= 0.3 is 0 Å². The zero-order valence-electron chi connectivity index (χ0n) is 13.5. The Morgan fingerprint density at radius 3 is 2.79 bits per heavy atom. The van der Waals surface area contributed by atoms with Crippen molar-refractivity contribution in [3.63, 3.8) is 0 Å². The molecule has 1 unspecified atom stereocenters. The minimum atomic E-state index is 0.160. The van der Waals surface area contributed by atoms with Gasteiger partial charge in [-0.15, -0.1) is 0 Å². The molecule has 0 radical (unpaired) electrons. The van der Waals surface area contributed by atoms with Crippen molar-refractivity contribution >= 4 is 17.4 Å². The predicted molar refractivity (Wildman–Crippen MR) is 93.3 cm³/mol. The minimum Gasteiger partial charge on any atom is -0.497 e. The molecule has 0 amide bonds. The van der Waals surface area contributed by atoms with E-state index in [1.54, 1.807) is 13.3 Å². The third-order valence-electron chi connectivity index (χ3n) is 4.10. The van der Waals surface area contributed by atoms with Crippen LogP contribution < -0.4 is 10.1 Å². The molecule has 2 aliphatic rings. The van der Waals surface area contributed by atoms with Gasteiger partial charge < -0.3 is 15.0 Å². The first kappa shape index (κ1) is 14.5. The Morgan fingerprint density at radius 1 is 1.25 bits per heavy atom. The lowest BCUT2D eigenvalue weighted by atomic mass is 10.1. The zero-order valence-corrected chi connectivity index (χ0v) is 13.5. The molecule has 0 bridgehead atoms. The van der Waals surface area contributed by atoms with Crippen LogP contribution in [-0.2, 0) is 7.05 Å². The molecule has 7 heteroatoms. The monoisotopic (exact) mass is 322 g/mol. The highest BCUT2D eigenvalue weighted by Gasteiger charge is 2.32. The number of nitrogens with one attached hydrogen (secondary N) is 1. The predicted octanol–water partition coefficient (Wildman–Crippen LogP) is 2.18. The highest BCUT2D eigenvalue weighted by Crippen LogP contribution is 2.29. The minimum absolute atomic E-state index is 0.160. The Morgan fingerprint density at radius 2 is 2.08 bits per heavy atom. The number of nitrogens with zero attached hydrogens (tertiary/aromatic N) is 5. The second-order valence-electron chi connectivity index (χ2n) is 5.66. The fraction of sp³-hybridized carbons (Fsp3) is 0.235. The molecular weight excluding hydrogens is 304 g/mol. The Hall–Kier alpha value is -3.09. The van der Waals surface area contributed by atoms with E-state index in [1.807, 2.05) is 54.6 Å². The molecule has 1 N–H and O–H groups in total. The molecular formula is C17H18N6O. The Bertz CT molecular complexity index is 833. The van der Waals surface area contributed by atoms with Crippen LogP contribution in [0.5, 0.6) is 5.75 Å². The summed E-state index contributed by atoms with van der Waals surface area (Å²) in [4.78, 5) is 11.3. The molecule has 3 heterocycles. The van der Waals surface area contributed by atoms with Crippen LogP contribution in [0.1, 0.15) is 11.6 Å². The molecule has 0 fully saturated rings. The fourth-order valence-electron chi connectivity index (χ4n) is 2.88. The summed E-state index contributed by atoms with van der Waals surface area (Å²) < 4.78 is 7.00. The number of methoxy groups -OCH3 is 1. The van der Waals surface area contributed by atoms with Crippen LogP contribution in [0.4, 0.5) is 5.69 Å². The first-order valence-electron chi connectivity index (χ1n) is 7.72. The second-order valence-corrected chi connectivity index (χ2v) is 5.66. The summed E-state index contributed by atoms with van der Waals surface area (Å²) in [6, 6.07) is 7.90. The maximum absolute atomic E-state index is 5.18. The van der Waals surface area contributed by atoms with E-state index in [2.05, 4.69) is 25.3 Å². The van der Waals surface area contributed by atoms with Gasteiger partial charge in [0, 0.05) is 36.9 Å². The van der Waals surface area contributed by atoms with Gasteiger partial charge in [-0.25, -0.2) is 4.99 Å². The van der Waals surface area contributed by atoms with E-state index in [1.165, 1.54) is 0 Å². The molecule has 1 aromatic heterocycles. The maximum Gasteiger partial charge on any atom is 0.173 e. The SMILES string of the molecule is COc1ccc(NC2=NC=CN3C2=NCC3c2cnn(C)c2)cc1. The number of aliphatic imine (C=N–C) groups is 2. The van der Waals surface area contributed by atoms with E-state index < -0.39 is 0 Å². The number of anilines is 1. The summed E-state index contributed by atoms with van der Waals surface area (Å²) in [6.45, 7) is 0.689. The Balaban J connectivity index is 1.54. The number of fused-ring (bicyclic) bond motifs is 1. The third-order valence-corrected chi connectivity index (χ3v) is 4.10. The second kappa shape index (κ2) is 5.84. The van der Waals surface area contributed by atoms with Crippen LogP contribution in [0, 0.1) is 0 Å². The first-order chi connectivity index (χ1) is 11.7. The van der Waals surface area contributed by atoms with Crippen molar-refractivity contribution in [3.8, 4) is 5.75 Å². The smallest absolute Gasteiger partial charge is 0.173 e. The fourth-order valence-corrected chi connectivity index (χ4v) is 2.88. The quantitative estimate of drug-likeness (QED) is 0.940. The van der Waals surface area contributed by atoms with E-state index in [0.29, 0.717) is 6.54 Å². The van der Waals surface area contributed by atoms with Crippen molar-refractivity contribution in [2.75, 3.05) is 19.0 Å². The van der Waals surface area contributed by atoms with Crippen LogP contribution in [-0.4, -0.2) is 40.0 Å². The molecule has 0 saturated carbocycles. The lowest BCUT2D eigenvalue weighted by Gasteiger charge is -2.26. The van der Waals surface area contributed by atoms with Crippen molar-refractivity contribution in [3.05, 3.63) is 54.6 Å². The highest BCUT2D eigenvalue weighted by atomic mass is 16.5. The normalized spacial score (nSPS) is 18.9. The van der Waals surface area contributed by atoms with E-state index in [-0.39, 0.29) is 6.04 Å². The van der Waals surface area contributed by atoms with Crippen LogP contribution in [0.15, 0.2) is 59.0 Å². The van der Waals surface area contributed by atoms with Gasteiger partial charge in [0.05, 0.1) is 25.9 Å². The number of hydrogen-bond donors (Lipinski definition) is 1. The number of benzene rings is 1. The number of amidine groups is 2. The third kappa shape index (κ3) is 2.54. The van der Waals surface area contributed by atoms with Crippen molar-refractivity contribution in [1.29, 1.82) is 0 Å². The van der Waals surface area contributed by atoms with Gasteiger partial charge in [0.1, 0.15) is 5.75 Å². The van der Waals surface area contributed by atoms with E-state index >= 15 is 0 Å². The molecule has 0 aliphatic carbocycles. The molecule has 7 nitrogen and oxygen atoms in total. The first-order valence-corrected chi connectivity index (χ1v) is 7.72. The van der Waals surface area contributed by atoms with Crippen molar-refractivity contribution < 1.29 is 4.74 Å². The molecule has 2 aromatic rings. The number of ether oxygens (including phenoxy) is 1. The lowest BCUT2D eigenvalue weighted by Crippen LogP contribution is -2.37. The number of hydrogen-bond acceptors (Lipinski definition) is 6. The standard InChI is InChI=1S/C17H18N6O/c1-22-11-12(9-20-22)15-10-19-17-16(18-7-8-23(15)17)21-13-3-5-14(24-2)6-4-13/h3-9,11,15H,10H2,1-2H3,(H,18,21). The van der Waals surface area contributed by atoms with E-state index in [9.17, 15) is 0 Å². The molecule has 122 valence electrons. The molecule has 0 saturated heterocycles. The topological polar surface area (TPSA) is 67.0 Å². The van der Waals surface area contributed by atoms with E-state index in [0.717, 1.165) is 28.7 Å². The molecule has 2 aliphatic heterocycles. The molecule has 4 rings (SSSR count). The average Bonchev–Trinajstić information content (AvgIpc) is 3.22. The molecule has 24 heavy (non-hydrogen) atoms. The highest BCUT2D eigenvalue weighted by molar-refractivity contribution is 6.45. The summed E-state index contributed by atoms with van der Waals surface area (Å²) in [6.07, 6.45) is 7.67. The van der Waals surface area contributed by atoms with Gasteiger partial charge in [0.2, 0.25) is 0 Å². The van der Waals surface area contributed by atoms with Crippen LogP contribution in [0.25, 0.3) is 0 Å². The van der Waals surface area contributed by atoms with Gasteiger partial charge in [0.15, 0.2) is 11.7 Å². The number of aromatic nitrogens is 2. The van der Waals surface area contributed by atoms with Crippen molar-refractivity contribution in [1.82, 2.24) is 14.7 Å². The van der Waals surface area contributed by atoms with Crippen LogP contribution in [0.3, 0.4) is 0 Å². The molecule has 1 aromatic carbocycles. The summed E-state index contributed by atoms with van der Waals surface area (Å²) >= 11 is 0. The van der Waals surface area contributed by atoms with Crippen molar-refractivity contribution in [2.45, 2.75) is 6.04 Å². The van der Waals surface area contributed by atoms with Gasteiger partial charge in [-0.3, -0.25) is 9.67 Å². The Kier molecular flexibility index (Phi) is 3.53. The summed E-state index contributed by atoms with van der Waals surface area (Å²) in [5.74, 6) is 2.42. The summed E-state index contributed by atoms with van der Waals surface area (Å²) in [5.41, 5.74) is 2.09. The van der Waals surface area contributed by atoms with Gasteiger partial charge in [-0.1, -0.05) is 0 Å². The van der Waals surface area contributed by atoms with Gasteiger partial charge in [-0.05, 0) is 24.3 Å². The van der Waals surface area contributed by atoms with E-state index in [4.69, 9.17) is 4.74 Å². The summed E-state index contributed by atoms with van der Waals surface area (Å²) in [5, 5.41) is 7.59. The lowest BCUT2D eigenvalue weighted by molar-refractivity contribution is 0.415. The largest absolute Gasteiger partial charge is 0.497 e.